The molecule has 5 rings (SSSR count). The van der Waals surface area contributed by atoms with Gasteiger partial charge in [0.15, 0.2) is 12.2 Å². The minimum absolute atomic E-state index is 0.0877. The number of nitrogens with zero attached hydrogens (tertiary/aromatic N) is 4. The van der Waals surface area contributed by atoms with Crippen molar-refractivity contribution in [2.24, 2.45) is 0 Å². The molecule has 0 radical (unpaired) electrons. The summed E-state index contributed by atoms with van der Waals surface area (Å²) < 4.78 is 1.72. The Morgan fingerprint density at radius 3 is 2.31 bits per heavy atom. The van der Waals surface area contributed by atoms with E-state index in [4.69, 9.17) is 11.6 Å². The second-order valence-electron chi connectivity index (χ2n) is 9.32. The predicted octanol–water partition coefficient (Wildman–Crippen LogP) is 1.91. The molecule has 2 aliphatic heterocycles. The van der Waals surface area contributed by atoms with Gasteiger partial charge in [0, 0.05) is 42.2 Å². The molecule has 3 heterocycles. The highest BCUT2D eigenvalue weighted by Gasteiger charge is 2.47. The fourth-order valence-electron chi connectivity index (χ4n) is 5.05. The predicted molar refractivity (Wildman–Crippen MR) is 135 cm³/mol. The van der Waals surface area contributed by atoms with Gasteiger partial charge in [-0.1, -0.05) is 23.7 Å². The lowest BCUT2D eigenvalue weighted by atomic mass is 10.1. The first-order valence-electron chi connectivity index (χ1n) is 11.9. The maximum atomic E-state index is 13.0. The largest absolute Gasteiger partial charge is 0.380 e. The molecule has 2 amide bonds. The molecule has 2 fully saturated rings. The number of nitrogens with one attached hydrogen (secondary N) is 1. The molecule has 188 valence electrons. The summed E-state index contributed by atoms with van der Waals surface area (Å²) in [6.07, 6.45) is 0.594. The fraction of sp³-hybridized carbons (Fsp3) is 0.346. The minimum Gasteiger partial charge on any atom is -0.380 e. The summed E-state index contributed by atoms with van der Waals surface area (Å²) in [5, 5.41) is 28.5. The molecule has 2 bridgehead atoms. The average Bonchev–Trinajstić information content (AvgIpc) is 3.66. The molecule has 9 nitrogen and oxygen atoms in total. The first kappa shape index (κ1) is 24.3. The zero-order valence-electron chi connectivity index (χ0n) is 19.7. The van der Waals surface area contributed by atoms with Gasteiger partial charge in [0.25, 0.3) is 11.8 Å². The Kier molecular flexibility index (Phi) is 6.70. The van der Waals surface area contributed by atoms with Crippen LogP contribution in [0.1, 0.15) is 24.9 Å². The third-order valence-corrected chi connectivity index (χ3v) is 7.28. The van der Waals surface area contributed by atoms with E-state index in [0.717, 1.165) is 23.4 Å². The van der Waals surface area contributed by atoms with Crippen molar-refractivity contribution < 1.29 is 19.8 Å². The summed E-state index contributed by atoms with van der Waals surface area (Å²) >= 11 is 5.99. The number of aliphatic hydroxyl groups excluding tert-OH is 2. The van der Waals surface area contributed by atoms with Crippen LogP contribution in [0, 0.1) is 0 Å². The SMILES string of the molecule is C[C@@H](NC(=O)[C@H](O)[C@@H](O)C(=O)N1CC2CC1CN2c1ccc(Cl)cc1)c1ccc(-n2cccn2)cc1. The number of hydrogen-bond acceptors (Lipinski definition) is 6. The van der Waals surface area contributed by atoms with Gasteiger partial charge < -0.3 is 25.3 Å². The third kappa shape index (κ3) is 4.69. The first-order chi connectivity index (χ1) is 17.3. The van der Waals surface area contributed by atoms with Crippen LogP contribution in [-0.4, -0.2) is 74.1 Å². The number of anilines is 1. The summed E-state index contributed by atoms with van der Waals surface area (Å²) in [6, 6.07) is 16.4. The summed E-state index contributed by atoms with van der Waals surface area (Å²) in [4.78, 5) is 29.4. The van der Waals surface area contributed by atoms with Gasteiger partial charge in [-0.25, -0.2) is 4.68 Å². The van der Waals surface area contributed by atoms with Gasteiger partial charge >= 0.3 is 0 Å². The second kappa shape index (κ2) is 9.93. The first-order valence-corrected chi connectivity index (χ1v) is 12.3. The van der Waals surface area contributed by atoms with Crippen LogP contribution in [0.5, 0.6) is 0 Å². The van der Waals surface area contributed by atoms with Crippen LogP contribution >= 0.6 is 11.6 Å². The molecule has 3 N–H and O–H groups in total. The molecule has 3 aromatic rings. The van der Waals surface area contributed by atoms with E-state index in [0.29, 0.717) is 18.1 Å². The summed E-state index contributed by atoms with van der Waals surface area (Å²) in [6.45, 7) is 2.82. The highest BCUT2D eigenvalue weighted by molar-refractivity contribution is 6.30. The number of aromatic nitrogens is 2. The lowest BCUT2D eigenvalue weighted by Crippen LogP contribution is -2.56. The Hall–Kier alpha value is -3.40. The summed E-state index contributed by atoms with van der Waals surface area (Å²) in [7, 11) is 0. The number of hydrogen-bond donors (Lipinski definition) is 3. The zero-order valence-corrected chi connectivity index (χ0v) is 20.5. The van der Waals surface area contributed by atoms with Crippen molar-refractivity contribution in [3.8, 4) is 5.69 Å². The molecule has 0 aliphatic carbocycles. The number of piperazine rings is 1. The van der Waals surface area contributed by atoms with Crippen molar-refractivity contribution in [3.05, 3.63) is 77.6 Å². The van der Waals surface area contributed by atoms with E-state index >= 15 is 0 Å². The number of halogens is 1. The molecule has 36 heavy (non-hydrogen) atoms. The number of rotatable bonds is 7. The molecule has 2 aromatic carbocycles. The Bertz CT molecular complexity index is 1220. The molecular formula is C26H28ClN5O4. The molecule has 10 heteroatoms. The lowest BCUT2D eigenvalue weighted by Gasteiger charge is -2.36. The smallest absolute Gasteiger partial charge is 0.255 e. The number of carbonyl (C=O) groups excluding carboxylic acids is 2. The fourth-order valence-corrected chi connectivity index (χ4v) is 5.18. The zero-order chi connectivity index (χ0) is 25.4. The number of carbonyl (C=O) groups is 2. The summed E-state index contributed by atoms with van der Waals surface area (Å²) in [5.74, 6) is -1.43. The monoisotopic (exact) mass is 509 g/mol. The van der Waals surface area contributed by atoms with Crippen molar-refractivity contribution in [2.75, 3.05) is 18.0 Å². The lowest BCUT2D eigenvalue weighted by molar-refractivity contribution is -0.154. The molecule has 2 unspecified atom stereocenters. The van der Waals surface area contributed by atoms with Gasteiger partial charge in [-0.05, 0) is 61.4 Å². The highest BCUT2D eigenvalue weighted by atomic mass is 35.5. The number of likely N-dealkylation sites (tertiary alicyclic amines) is 1. The molecule has 1 aromatic heterocycles. The van der Waals surface area contributed by atoms with E-state index in [9.17, 15) is 19.8 Å². The second-order valence-corrected chi connectivity index (χ2v) is 9.76. The van der Waals surface area contributed by atoms with E-state index in [1.807, 2.05) is 60.8 Å². The third-order valence-electron chi connectivity index (χ3n) is 7.02. The topological polar surface area (TPSA) is 111 Å². The average molecular weight is 510 g/mol. The minimum atomic E-state index is -1.87. The van der Waals surface area contributed by atoms with Crippen molar-refractivity contribution in [1.29, 1.82) is 0 Å². The number of amides is 2. The van der Waals surface area contributed by atoms with Gasteiger partial charge in [-0.2, -0.15) is 5.10 Å². The van der Waals surface area contributed by atoms with Gasteiger partial charge in [0.1, 0.15) is 0 Å². The van der Waals surface area contributed by atoms with E-state index in [1.165, 1.54) is 0 Å². The van der Waals surface area contributed by atoms with Crippen LogP contribution in [0.4, 0.5) is 5.69 Å². The van der Waals surface area contributed by atoms with Crippen molar-refractivity contribution in [2.45, 2.75) is 43.7 Å². The number of benzene rings is 2. The van der Waals surface area contributed by atoms with Gasteiger partial charge in [0.05, 0.1) is 17.8 Å². The number of aliphatic hydroxyl groups is 2. The molecular weight excluding hydrogens is 482 g/mol. The van der Waals surface area contributed by atoms with Crippen LogP contribution in [0.25, 0.3) is 5.69 Å². The van der Waals surface area contributed by atoms with Crippen LogP contribution < -0.4 is 10.2 Å². The van der Waals surface area contributed by atoms with E-state index in [2.05, 4.69) is 15.3 Å². The normalized spacial score (nSPS) is 21.3. The van der Waals surface area contributed by atoms with Crippen LogP contribution in [0.2, 0.25) is 5.02 Å². The Morgan fingerprint density at radius 2 is 1.69 bits per heavy atom. The van der Waals surface area contributed by atoms with Crippen molar-refractivity contribution in [1.82, 2.24) is 20.0 Å². The van der Waals surface area contributed by atoms with E-state index in [1.54, 1.807) is 22.7 Å². The van der Waals surface area contributed by atoms with E-state index < -0.39 is 30.1 Å². The van der Waals surface area contributed by atoms with Crippen molar-refractivity contribution >= 4 is 29.1 Å². The molecule has 2 aliphatic rings. The standard InChI is InChI=1S/C26H28ClN5O4/c1-16(17-3-7-20(8-4-17)32-12-2-11-28-32)29-25(35)23(33)24(34)26(36)31-15-21-13-22(31)14-30(21)19-9-5-18(27)6-10-19/h2-12,16,21-24,33-34H,13-15H2,1H3,(H,29,35)/t16-,21?,22?,23-,24-/m1/s1. The molecule has 2 saturated heterocycles. The van der Waals surface area contributed by atoms with Gasteiger partial charge in [-0.15, -0.1) is 0 Å². The van der Waals surface area contributed by atoms with Crippen molar-refractivity contribution in [3.63, 3.8) is 0 Å². The van der Waals surface area contributed by atoms with Gasteiger partial charge in [-0.3, -0.25) is 9.59 Å². The maximum Gasteiger partial charge on any atom is 0.255 e. The van der Waals surface area contributed by atoms with Crippen LogP contribution in [0.3, 0.4) is 0 Å². The molecule has 0 saturated carbocycles. The van der Waals surface area contributed by atoms with Gasteiger partial charge in [0.2, 0.25) is 0 Å². The molecule has 0 spiro atoms. The number of fused-ring (bicyclic) bond motifs is 2. The van der Waals surface area contributed by atoms with E-state index in [-0.39, 0.29) is 12.1 Å². The maximum absolute atomic E-state index is 13.0. The quantitative estimate of drug-likeness (QED) is 0.449. The molecule has 5 atom stereocenters. The highest BCUT2D eigenvalue weighted by Crippen LogP contribution is 2.35. The Balaban J connectivity index is 1.16. The Labute approximate surface area is 213 Å². The van der Waals surface area contributed by atoms with Crippen LogP contribution in [0.15, 0.2) is 67.0 Å². The van der Waals surface area contributed by atoms with Crippen LogP contribution in [-0.2, 0) is 9.59 Å². The Morgan fingerprint density at radius 1 is 1.00 bits per heavy atom. The summed E-state index contributed by atoms with van der Waals surface area (Å²) in [5.41, 5.74) is 2.72.